The average molecular weight is 363 g/mol. The quantitative estimate of drug-likeness (QED) is 0.762. The predicted molar refractivity (Wildman–Crippen MR) is 102 cm³/mol. The van der Waals surface area contributed by atoms with E-state index in [1.807, 2.05) is 48.5 Å². The van der Waals surface area contributed by atoms with Crippen molar-refractivity contribution in [2.45, 2.75) is 19.3 Å². The first-order valence-corrected chi connectivity index (χ1v) is 9.15. The van der Waals surface area contributed by atoms with Crippen molar-refractivity contribution in [3.63, 3.8) is 0 Å². The predicted octanol–water partition coefficient (Wildman–Crippen LogP) is 3.94. The second kappa shape index (κ2) is 6.91. The minimum Gasteiger partial charge on any atom is -0.481 e. The largest absolute Gasteiger partial charge is 0.481 e. The summed E-state index contributed by atoms with van der Waals surface area (Å²) in [6.07, 6.45) is 2.35. The number of benzene rings is 2. The summed E-state index contributed by atoms with van der Waals surface area (Å²) in [5, 5.41) is 10.4. The van der Waals surface area contributed by atoms with Crippen molar-refractivity contribution in [3.05, 3.63) is 71.5 Å². The fourth-order valence-corrected chi connectivity index (χ4v) is 3.89. The average Bonchev–Trinajstić information content (AvgIpc) is 3.32. The van der Waals surface area contributed by atoms with Gasteiger partial charge in [-0.3, -0.25) is 9.59 Å². The molecule has 1 aliphatic heterocycles. The van der Waals surface area contributed by atoms with Gasteiger partial charge in [-0.2, -0.15) is 0 Å². The van der Waals surface area contributed by atoms with Crippen molar-refractivity contribution < 1.29 is 19.1 Å². The van der Waals surface area contributed by atoms with Crippen LogP contribution >= 0.6 is 0 Å². The van der Waals surface area contributed by atoms with Gasteiger partial charge in [0.1, 0.15) is 11.8 Å². The zero-order valence-electron chi connectivity index (χ0n) is 15.1. The van der Waals surface area contributed by atoms with Gasteiger partial charge in [0.15, 0.2) is 0 Å². The van der Waals surface area contributed by atoms with Gasteiger partial charge in [0.05, 0.1) is 11.5 Å². The molecule has 5 nitrogen and oxygen atoms in total. The van der Waals surface area contributed by atoms with Gasteiger partial charge >= 0.3 is 5.97 Å². The number of carbonyl (C=O) groups is 2. The summed E-state index contributed by atoms with van der Waals surface area (Å²) in [5.74, 6) is -1.87. The number of nitrogens with zero attached hydrogens (tertiary/aromatic N) is 1. The molecule has 1 saturated heterocycles. The monoisotopic (exact) mass is 363 g/mol. The molecule has 2 atom stereocenters. The van der Waals surface area contributed by atoms with Crippen LogP contribution in [-0.2, 0) is 11.2 Å². The van der Waals surface area contributed by atoms with E-state index in [4.69, 9.17) is 4.42 Å². The molecule has 0 radical (unpaired) electrons. The molecule has 138 valence electrons. The molecule has 0 aliphatic carbocycles. The van der Waals surface area contributed by atoms with Crippen LogP contribution in [0, 0.1) is 5.92 Å². The minimum absolute atomic E-state index is 0.174. The summed E-state index contributed by atoms with van der Waals surface area (Å²) < 4.78 is 5.55. The number of rotatable bonds is 4. The first-order chi connectivity index (χ1) is 13.1. The van der Waals surface area contributed by atoms with Gasteiger partial charge in [0.25, 0.3) is 5.91 Å². The summed E-state index contributed by atoms with van der Waals surface area (Å²) in [4.78, 5) is 26.6. The maximum absolute atomic E-state index is 13.1. The van der Waals surface area contributed by atoms with E-state index in [0.717, 1.165) is 22.9 Å². The number of hydrogen-bond acceptors (Lipinski definition) is 3. The molecule has 1 fully saturated rings. The van der Waals surface area contributed by atoms with Crippen LogP contribution in [-0.4, -0.2) is 35.0 Å². The molecule has 0 bridgehead atoms. The van der Waals surface area contributed by atoms with Crippen molar-refractivity contribution in [2.24, 2.45) is 5.92 Å². The Morgan fingerprint density at radius 2 is 1.93 bits per heavy atom. The lowest BCUT2D eigenvalue weighted by Crippen LogP contribution is -2.29. The molecule has 2 heterocycles. The Hall–Kier alpha value is -3.08. The summed E-state index contributed by atoms with van der Waals surface area (Å²) in [7, 11) is 0. The number of aliphatic carboxylic acids is 1. The lowest BCUT2D eigenvalue weighted by atomic mass is 9.89. The van der Waals surface area contributed by atoms with Crippen LogP contribution in [0.1, 0.15) is 34.3 Å². The first kappa shape index (κ1) is 17.3. The van der Waals surface area contributed by atoms with Gasteiger partial charge < -0.3 is 14.4 Å². The number of aryl methyl sites for hydroxylation is 1. The van der Waals surface area contributed by atoms with Gasteiger partial charge in [-0.15, -0.1) is 0 Å². The lowest BCUT2D eigenvalue weighted by Gasteiger charge is -2.16. The Bertz CT molecular complexity index is 992. The third-order valence-electron chi connectivity index (χ3n) is 5.43. The maximum atomic E-state index is 13.1. The maximum Gasteiger partial charge on any atom is 0.308 e. The number of furan rings is 1. The van der Waals surface area contributed by atoms with Crippen molar-refractivity contribution in [1.29, 1.82) is 0 Å². The van der Waals surface area contributed by atoms with Crippen LogP contribution in [0.2, 0.25) is 0 Å². The number of fused-ring (bicyclic) bond motifs is 1. The number of carboxylic acid groups (broad SMARTS) is 1. The Balaban J connectivity index is 1.66. The van der Waals surface area contributed by atoms with Gasteiger partial charge in [-0.1, -0.05) is 43.3 Å². The molecule has 4 rings (SSSR count). The molecule has 1 amide bonds. The van der Waals surface area contributed by atoms with Crippen LogP contribution in [0.25, 0.3) is 11.0 Å². The zero-order chi connectivity index (χ0) is 19.0. The fourth-order valence-electron chi connectivity index (χ4n) is 3.89. The van der Waals surface area contributed by atoms with E-state index in [-0.39, 0.29) is 18.4 Å². The SMILES string of the molecule is CCc1ccc2occ(C(=O)N3CC(C(=O)O)C(c4ccccc4)C3)c2c1. The Morgan fingerprint density at radius 3 is 2.63 bits per heavy atom. The summed E-state index contributed by atoms with van der Waals surface area (Å²) >= 11 is 0. The van der Waals surface area contributed by atoms with Gasteiger partial charge in [0.2, 0.25) is 0 Å². The van der Waals surface area contributed by atoms with E-state index in [1.165, 1.54) is 6.26 Å². The molecule has 0 saturated carbocycles. The molecule has 2 unspecified atom stereocenters. The van der Waals surface area contributed by atoms with Gasteiger partial charge in [-0.05, 0) is 29.7 Å². The van der Waals surface area contributed by atoms with Crippen LogP contribution in [0.15, 0.2) is 59.2 Å². The summed E-state index contributed by atoms with van der Waals surface area (Å²) in [6.45, 7) is 2.65. The lowest BCUT2D eigenvalue weighted by molar-refractivity contribution is -0.141. The molecule has 2 aromatic carbocycles. The Morgan fingerprint density at radius 1 is 1.15 bits per heavy atom. The molecule has 1 aliphatic rings. The van der Waals surface area contributed by atoms with Crippen LogP contribution in [0.4, 0.5) is 0 Å². The van der Waals surface area contributed by atoms with Crippen LogP contribution in [0.3, 0.4) is 0 Å². The van der Waals surface area contributed by atoms with Crippen molar-refractivity contribution in [3.8, 4) is 0 Å². The molecule has 5 heteroatoms. The van der Waals surface area contributed by atoms with E-state index in [2.05, 4.69) is 6.92 Å². The van der Waals surface area contributed by atoms with Crippen LogP contribution in [0.5, 0.6) is 0 Å². The highest BCUT2D eigenvalue weighted by Crippen LogP contribution is 2.34. The number of amides is 1. The van der Waals surface area contributed by atoms with Crippen LogP contribution < -0.4 is 0 Å². The normalized spacial score (nSPS) is 19.5. The smallest absolute Gasteiger partial charge is 0.308 e. The second-order valence-corrected chi connectivity index (χ2v) is 7.01. The molecule has 1 N–H and O–H groups in total. The summed E-state index contributed by atoms with van der Waals surface area (Å²) in [6, 6.07) is 15.4. The van der Waals surface area contributed by atoms with Crippen molar-refractivity contribution >= 4 is 22.8 Å². The highest BCUT2D eigenvalue weighted by molar-refractivity contribution is 6.06. The number of carbonyl (C=O) groups excluding carboxylic acids is 1. The van der Waals surface area contributed by atoms with Gasteiger partial charge in [0, 0.05) is 24.4 Å². The standard InChI is InChI=1S/C22H21NO4/c1-2-14-8-9-20-16(10-14)19(13-27-20)21(24)23-11-17(18(12-23)22(25)26)15-6-4-3-5-7-15/h3-10,13,17-18H,2,11-12H2,1H3,(H,25,26). The van der Waals surface area contributed by atoms with E-state index in [1.54, 1.807) is 4.90 Å². The molecule has 0 spiro atoms. The highest BCUT2D eigenvalue weighted by atomic mass is 16.4. The molecular weight excluding hydrogens is 342 g/mol. The van der Waals surface area contributed by atoms with Gasteiger partial charge in [-0.25, -0.2) is 0 Å². The molecule has 1 aromatic heterocycles. The first-order valence-electron chi connectivity index (χ1n) is 9.15. The molecule has 27 heavy (non-hydrogen) atoms. The molecular formula is C22H21NO4. The van der Waals surface area contributed by atoms with Crippen molar-refractivity contribution in [2.75, 3.05) is 13.1 Å². The van der Waals surface area contributed by atoms with E-state index in [9.17, 15) is 14.7 Å². The number of hydrogen-bond donors (Lipinski definition) is 1. The molecule has 3 aromatic rings. The highest BCUT2D eigenvalue weighted by Gasteiger charge is 2.41. The fraction of sp³-hybridized carbons (Fsp3) is 0.273. The zero-order valence-corrected chi connectivity index (χ0v) is 15.1. The van der Waals surface area contributed by atoms with E-state index < -0.39 is 11.9 Å². The Labute approximate surface area is 157 Å². The number of carboxylic acids is 1. The third kappa shape index (κ3) is 3.10. The summed E-state index contributed by atoms with van der Waals surface area (Å²) in [5.41, 5.74) is 3.25. The van der Waals surface area contributed by atoms with Crippen molar-refractivity contribution in [1.82, 2.24) is 4.90 Å². The topological polar surface area (TPSA) is 70.8 Å². The van der Waals surface area contributed by atoms with E-state index >= 15 is 0 Å². The minimum atomic E-state index is -0.871. The van der Waals surface area contributed by atoms with E-state index in [0.29, 0.717) is 17.7 Å². The Kier molecular flexibility index (Phi) is 4.44. The second-order valence-electron chi connectivity index (χ2n) is 7.01. The third-order valence-corrected chi connectivity index (χ3v) is 5.43. The number of likely N-dealkylation sites (tertiary alicyclic amines) is 1.